The van der Waals surface area contributed by atoms with E-state index >= 15 is 0 Å². The van der Waals surface area contributed by atoms with Crippen LogP contribution in [0, 0.1) is 5.82 Å². The lowest BCUT2D eigenvalue weighted by molar-refractivity contribution is 0.0746. The summed E-state index contributed by atoms with van der Waals surface area (Å²) in [6, 6.07) is 11.2. The molecule has 0 bridgehead atoms. The van der Waals surface area contributed by atoms with Crippen molar-refractivity contribution in [1.29, 1.82) is 0 Å². The number of fused-ring (bicyclic) bond motifs is 1. The monoisotopic (exact) mass is 532 g/mol. The lowest BCUT2D eigenvalue weighted by Gasteiger charge is -2.34. The van der Waals surface area contributed by atoms with Crippen molar-refractivity contribution in [2.45, 2.75) is 44.4 Å². The topological polar surface area (TPSA) is 73.8 Å². The Bertz CT molecular complexity index is 1280. The molecule has 2 heterocycles. The number of anilines is 1. The fraction of sp³-hybridized carbons (Fsp3) is 0.462. The van der Waals surface area contributed by atoms with Gasteiger partial charge in [0.2, 0.25) is 10.0 Å². The zero-order valence-corrected chi connectivity index (χ0v) is 22.5. The molecule has 1 amide bonds. The number of hydrogen-bond donors (Lipinski definition) is 0. The van der Waals surface area contributed by atoms with E-state index in [-0.39, 0.29) is 16.6 Å². The highest BCUT2D eigenvalue weighted by molar-refractivity contribution is 7.89. The molecule has 1 aromatic heterocycles. The minimum atomic E-state index is -3.60. The van der Waals surface area contributed by atoms with Crippen LogP contribution in [0.25, 0.3) is 10.2 Å². The maximum Gasteiger partial charge on any atom is 0.253 e. The summed E-state index contributed by atoms with van der Waals surface area (Å²) in [7, 11) is -3.60. The van der Waals surface area contributed by atoms with Crippen LogP contribution in [-0.2, 0) is 10.0 Å². The standard InChI is InChI=1S/C26H33FN4O3S2/c1-3-5-14-31(15-6-4-2)36(33,34)21-12-10-20(11-13-21)25(32)29-16-18-30(19-17-29)26-28-24-22(27)8-7-9-23(24)35-26/h7-13H,3-6,14-19H2,1-2H3. The van der Waals surface area contributed by atoms with Crippen LogP contribution < -0.4 is 4.90 Å². The summed E-state index contributed by atoms with van der Waals surface area (Å²) < 4.78 is 42.7. The average molecular weight is 533 g/mol. The van der Waals surface area contributed by atoms with Crippen molar-refractivity contribution in [3.05, 3.63) is 53.8 Å². The molecule has 1 aliphatic heterocycles. The Balaban J connectivity index is 1.40. The number of piperazine rings is 1. The van der Waals surface area contributed by atoms with Crippen LogP contribution in [0.3, 0.4) is 0 Å². The van der Waals surface area contributed by atoms with Crippen molar-refractivity contribution in [3.8, 4) is 0 Å². The second-order valence-electron chi connectivity index (χ2n) is 9.00. The quantitative estimate of drug-likeness (QED) is 0.368. The third-order valence-corrected chi connectivity index (χ3v) is 9.45. The zero-order chi connectivity index (χ0) is 25.7. The molecule has 0 spiro atoms. The van der Waals surface area contributed by atoms with Gasteiger partial charge in [0.15, 0.2) is 5.13 Å². The van der Waals surface area contributed by atoms with E-state index in [0.717, 1.165) is 35.5 Å². The van der Waals surface area contributed by atoms with Gasteiger partial charge in [-0.3, -0.25) is 4.79 Å². The van der Waals surface area contributed by atoms with Gasteiger partial charge in [-0.25, -0.2) is 17.8 Å². The summed E-state index contributed by atoms with van der Waals surface area (Å²) in [5, 5.41) is 0.757. The Kier molecular flexibility index (Phi) is 8.58. The fourth-order valence-electron chi connectivity index (χ4n) is 4.26. The average Bonchev–Trinajstić information content (AvgIpc) is 3.34. The number of hydrogen-bond acceptors (Lipinski definition) is 6. The van der Waals surface area contributed by atoms with E-state index in [1.165, 1.54) is 17.4 Å². The molecule has 0 atom stereocenters. The molecule has 0 unspecified atom stereocenters. The molecular formula is C26H33FN4O3S2. The first-order valence-corrected chi connectivity index (χ1v) is 14.8. The predicted molar refractivity (Wildman–Crippen MR) is 143 cm³/mol. The summed E-state index contributed by atoms with van der Waals surface area (Å²) in [5.41, 5.74) is 0.854. The van der Waals surface area contributed by atoms with E-state index in [1.54, 1.807) is 39.5 Å². The number of unbranched alkanes of at least 4 members (excludes halogenated alkanes) is 2. The lowest BCUT2D eigenvalue weighted by Crippen LogP contribution is -2.48. The van der Waals surface area contributed by atoms with Crippen molar-refractivity contribution in [2.24, 2.45) is 0 Å². The Morgan fingerprint density at radius 1 is 1.00 bits per heavy atom. The van der Waals surface area contributed by atoms with Crippen molar-refractivity contribution in [2.75, 3.05) is 44.2 Å². The highest BCUT2D eigenvalue weighted by Crippen LogP contribution is 2.31. The zero-order valence-electron chi connectivity index (χ0n) is 20.8. The number of nitrogens with zero attached hydrogens (tertiary/aromatic N) is 4. The van der Waals surface area contributed by atoms with Gasteiger partial charge in [0.1, 0.15) is 11.3 Å². The summed E-state index contributed by atoms with van der Waals surface area (Å²) in [6.07, 6.45) is 3.48. The van der Waals surface area contributed by atoms with Crippen LogP contribution >= 0.6 is 11.3 Å². The summed E-state index contributed by atoms with van der Waals surface area (Å²) in [6.45, 7) is 7.33. The molecule has 7 nitrogen and oxygen atoms in total. The predicted octanol–water partition coefficient (Wildman–Crippen LogP) is 4.99. The first-order valence-electron chi connectivity index (χ1n) is 12.5. The Morgan fingerprint density at radius 3 is 2.22 bits per heavy atom. The van der Waals surface area contributed by atoms with Crippen molar-refractivity contribution in [3.63, 3.8) is 0 Å². The number of carbonyl (C=O) groups excluding carboxylic acids is 1. The number of halogens is 1. The SMILES string of the molecule is CCCCN(CCCC)S(=O)(=O)c1ccc(C(=O)N2CCN(c3nc4c(F)cccc4s3)CC2)cc1. The van der Waals surface area contributed by atoms with Crippen molar-refractivity contribution >= 4 is 42.6 Å². The Morgan fingerprint density at radius 2 is 1.64 bits per heavy atom. The summed E-state index contributed by atoms with van der Waals surface area (Å²) >= 11 is 1.45. The van der Waals surface area contributed by atoms with Crippen molar-refractivity contribution < 1.29 is 17.6 Å². The van der Waals surface area contributed by atoms with Gasteiger partial charge in [0.25, 0.3) is 5.91 Å². The summed E-state index contributed by atoms with van der Waals surface area (Å²) in [4.78, 5) is 21.6. The molecule has 3 aromatic rings. The molecule has 0 saturated carbocycles. The smallest absolute Gasteiger partial charge is 0.253 e. The van der Waals surface area contributed by atoms with Crippen LogP contribution in [0.2, 0.25) is 0 Å². The molecule has 1 aliphatic rings. The Labute approximate surface area is 216 Å². The van der Waals surface area contributed by atoms with Gasteiger partial charge in [-0.05, 0) is 49.2 Å². The number of rotatable bonds is 10. The van der Waals surface area contributed by atoms with Gasteiger partial charge >= 0.3 is 0 Å². The molecule has 0 radical (unpaired) electrons. The van der Waals surface area contributed by atoms with E-state index in [9.17, 15) is 17.6 Å². The molecule has 0 aliphatic carbocycles. The van der Waals surface area contributed by atoms with Gasteiger partial charge in [-0.2, -0.15) is 4.31 Å². The van der Waals surface area contributed by atoms with Crippen molar-refractivity contribution in [1.82, 2.24) is 14.2 Å². The van der Waals surface area contributed by atoms with Gasteiger partial charge < -0.3 is 9.80 Å². The van der Waals surface area contributed by atoms with Gasteiger partial charge in [0.05, 0.1) is 9.60 Å². The van der Waals surface area contributed by atoms with Crippen LogP contribution in [-0.4, -0.2) is 67.8 Å². The van der Waals surface area contributed by atoms with Gasteiger partial charge in [0, 0.05) is 44.8 Å². The second-order valence-corrected chi connectivity index (χ2v) is 11.9. The Hall–Kier alpha value is -2.56. The lowest BCUT2D eigenvalue weighted by atomic mass is 10.2. The molecule has 4 rings (SSSR count). The molecule has 36 heavy (non-hydrogen) atoms. The van der Waals surface area contributed by atoms with E-state index in [0.29, 0.717) is 50.3 Å². The van der Waals surface area contributed by atoms with Gasteiger partial charge in [-0.1, -0.05) is 44.1 Å². The second kappa shape index (κ2) is 11.7. The number of thiazole rings is 1. The highest BCUT2D eigenvalue weighted by atomic mass is 32.2. The van der Waals surface area contributed by atoms with Crippen LogP contribution in [0.15, 0.2) is 47.4 Å². The van der Waals surface area contributed by atoms with Crippen LogP contribution in [0.4, 0.5) is 9.52 Å². The third-order valence-electron chi connectivity index (χ3n) is 6.46. The minimum absolute atomic E-state index is 0.122. The number of carbonyl (C=O) groups is 1. The normalized spacial score (nSPS) is 14.7. The number of para-hydroxylation sites is 1. The molecule has 10 heteroatoms. The third kappa shape index (κ3) is 5.71. The minimum Gasteiger partial charge on any atom is -0.345 e. The van der Waals surface area contributed by atoms with E-state index in [2.05, 4.69) is 9.88 Å². The van der Waals surface area contributed by atoms with Crippen LogP contribution in [0.5, 0.6) is 0 Å². The number of amides is 1. The first kappa shape index (κ1) is 26.5. The molecule has 2 aromatic carbocycles. The van der Waals surface area contributed by atoms with E-state index in [4.69, 9.17) is 0 Å². The number of aromatic nitrogens is 1. The van der Waals surface area contributed by atoms with E-state index < -0.39 is 10.0 Å². The molecule has 1 fully saturated rings. The summed E-state index contributed by atoms with van der Waals surface area (Å²) in [5.74, 6) is -0.448. The van der Waals surface area contributed by atoms with Crippen LogP contribution in [0.1, 0.15) is 49.9 Å². The first-order chi connectivity index (χ1) is 17.3. The van der Waals surface area contributed by atoms with E-state index in [1.807, 2.05) is 19.9 Å². The molecule has 0 N–H and O–H groups in total. The largest absolute Gasteiger partial charge is 0.345 e. The number of benzene rings is 2. The molecule has 194 valence electrons. The fourth-order valence-corrected chi connectivity index (χ4v) is 6.81. The highest BCUT2D eigenvalue weighted by Gasteiger charge is 2.26. The molecule has 1 saturated heterocycles. The molecular weight excluding hydrogens is 499 g/mol. The maximum absolute atomic E-state index is 14.0. The maximum atomic E-state index is 14.0. The van der Waals surface area contributed by atoms with Gasteiger partial charge in [-0.15, -0.1) is 0 Å². The number of sulfonamides is 1.